The van der Waals surface area contributed by atoms with Gasteiger partial charge in [0, 0.05) is 16.5 Å². The first-order chi connectivity index (χ1) is 12.8. The molecule has 0 saturated heterocycles. The smallest absolute Gasteiger partial charge is 0.127 e. The van der Waals surface area contributed by atoms with E-state index in [1.807, 2.05) is 37.3 Å². The molecule has 0 amide bonds. The van der Waals surface area contributed by atoms with Crippen LogP contribution in [0.1, 0.15) is 64.0 Å². The van der Waals surface area contributed by atoms with Gasteiger partial charge in [0.25, 0.3) is 0 Å². The van der Waals surface area contributed by atoms with Crippen LogP contribution in [0, 0.1) is 5.82 Å². The van der Waals surface area contributed by atoms with Gasteiger partial charge in [-0.15, -0.1) is 12.6 Å². The van der Waals surface area contributed by atoms with Gasteiger partial charge in [-0.2, -0.15) is 0 Å². The zero-order valence-corrected chi connectivity index (χ0v) is 18.4. The SMILES string of the molecule is C=C(CC)CC.CCC(c1ccccc1F)c1cc(S)ccc1NC(C)=S. The molecule has 1 N–H and O–H groups in total. The van der Waals surface area contributed by atoms with Gasteiger partial charge in [-0.05, 0) is 61.6 Å². The predicted octanol–water partition coefficient (Wildman–Crippen LogP) is 7.78. The van der Waals surface area contributed by atoms with Gasteiger partial charge in [0.15, 0.2) is 0 Å². The maximum Gasteiger partial charge on any atom is 0.127 e. The molecule has 0 fully saturated rings. The molecule has 0 radical (unpaired) electrons. The molecule has 4 heteroatoms. The summed E-state index contributed by atoms with van der Waals surface area (Å²) in [5, 5.41) is 3.18. The Morgan fingerprint density at radius 3 is 2.22 bits per heavy atom. The number of rotatable bonds is 6. The molecule has 27 heavy (non-hydrogen) atoms. The van der Waals surface area contributed by atoms with E-state index in [1.54, 1.807) is 6.07 Å². The summed E-state index contributed by atoms with van der Waals surface area (Å²) in [5.41, 5.74) is 3.97. The number of anilines is 1. The van der Waals surface area contributed by atoms with Crippen LogP contribution in [0.3, 0.4) is 0 Å². The molecular weight excluding hydrogens is 373 g/mol. The second-order valence-electron chi connectivity index (χ2n) is 6.39. The first kappa shape index (κ1) is 23.4. The fourth-order valence-electron chi connectivity index (χ4n) is 2.76. The van der Waals surface area contributed by atoms with Crippen LogP contribution in [-0.4, -0.2) is 4.99 Å². The molecule has 0 aliphatic heterocycles. The molecule has 1 nitrogen and oxygen atoms in total. The van der Waals surface area contributed by atoms with E-state index in [-0.39, 0.29) is 11.7 Å². The van der Waals surface area contributed by atoms with E-state index in [2.05, 4.69) is 45.3 Å². The van der Waals surface area contributed by atoms with Crippen LogP contribution in [0.4, 0.5) is 10.1 Å². The van der Waals surface area contributed by atoms with Gasteiger partial charge in [0.2, 0.25) is 0 Å². The number of allylic oxidation sites excluding steroid dienone is 1. The third-order valence-corrected chi connectivity index (χ3v) is 4.79. The molecule has 146 valence electrons. The van der Waals surface area contributed by atoms with Crippen molar-refractivity contribution in [3.05, 3.63) is 71.6 Å². The van der Waals surface area contributed by atoms with Crippen LogP contribution in [0.5, 0.6) is 0 Å². The van der Waals surface area contributed by atoms with Crippen molar-refractivity contribution in [1.29, 1.82) is 0 Å². The van der Waals surface area contributed by atoms with Crippen molar-refractivity contribution in [2.75, 3.05) is 5.32 Å². The van der Waals surface area contributed by atoms with Crippen molar-refractivity contribution in [3.8, 4) is 0 Å². The highest BCUT2D eigenvalue weighted by Crippen LogP contribution is 2.35. The third-order valence-electron chi connectivity index (χ3n) is 4.41. The molecule has 2 aromatic carbocycles. The van der Waals surface area contributed by atoms with Gasteiger partial charge in [0.1, 0.15) is 5.82 Å². The van der Waals surface area contributed by atoms with Crippen molar-refractivity contribution >= 4 is 35.5 Å². The summed E-state index contributed by atoms with van der Waals surface area (Å²) >= 11 is 9.54. The number of thiocarbonyl (C=S) groups is 1. The zero-order chi connectivity index (χ0) is 20.4. The highest BCUT2D eigenvalue weighted by atomic mass is 32.1. The second-order valence-corrected chi connectivity index (χ2v) is 7.52. The summed E-state index contributed by atoms with van der Waals surface area (Å²) in [5.74, 6) is -0.214. The Labute approximate surface area is 174 Å². The van der Waals surface area contributed by atoms with E-state index in [1.165, 1.54) is 11.6 Å². The number of thiol groups is 1. The van der Waals surface area contributed by atoms with Crippen LogP contribution in [-0.2, 0) is 0 Å². The van der Waals surface area contributed by atoms with E-state index in [0.29, 0.717) is 10.6 Å². The Morgan fingerprint density at radius 2 is 1.74 bits per heavy atom. The second kappa shape index (κ2) is 11.9. The average Bonchev–Trinajstić information content (AvgIpc) is 2.65. The van der Waals surface area contributed by atoms with E-state index in [0.717, 1.165) is 35.4 Å². The standard InChI is InChI=1S/C17H18FNS2.C6H12/c1-3-13(14-6-4-5-7-16(14)18)15-10-12(21)8-9-17(15)19-11(2)20;1-4-6(3)5-2/h4-10,13,21H,3H2,1-2H3,(H,19,20);3-5H2,1-2H3. The first-order valence-electron chi connectivity index (χ1n) is 9.35. The topological polar surface area (TPSA) is 12.0 Å². The Kier molecular flexibility index (Phi) is 10.3. The van der Waals surface area contributed by atoms with Crippen molar-refractivity contribution in [2.24, 2.45) is 0 Å². The fraction of sp³-hybridized carbons (Fsp3) is 0.348. The summed E-state index contributed by atoms with van der Waals surface area (Å²) in [6, 6.07) is 12.7. The van der Waals surface area contributed by atoms with Gasteiger partial charge in [-0.3, -0.25) is 0 Å². The lowest BCUT2D eigenvalue weighted by molar-refractivity contribution is 0.592. The summed E-state index contributed by atoms with van der Waals surface area (Å²) < 4.78 is 14.1. The quantitative estimate of drug-likeness (QED) is 0.290. The summed E-state index contributed by atoms with van der Waals surface area (Å²) in [6.07, 6.45) is 3.07. The van der Waals surface area contributed by atoms with Crippen molar-refractivity contribution < 1.29 is 4.39 Å². The molecule has 1 atom stereocenters. The third kappa shape index (κ3) is 7.47. The van der Waals surface area contributed by atoms with Gasteiger partial charge >= 0.3 is 0 Å². The molecular formula is C23H30FNS2. The molecule has 2 aromatic rings. The minimum atomic E-state index is -0.182. The van der Waals surface area contributed by atoms with Crippen LogP contribution >= 0.6 is 24.8 Å². The highest BCUT2D eigenvalue weighted by Gasteiger charge is 2.19. The van der Waals surface area contributed by atoms with Gasteiger partial charge < -0.3 is 5.32 Å². The van der Waals surface area contributed by atoms with Gasteiger partial charge in [-0.25, -0.2) is 4.39 Å². The lowest BCUT2D eigenvalue weighted by Gasteiger charge is -2.21. The maximum absolute atomic E-state index is 14.1. The summed E-state index contributed by atoms with van der Waals surface area (Å²) in [6.45, 7) is 11.9. The molecule has 0 spiro atoms. The largest absolute Gasteiger partial charge is 0.350 e. The maximum atomic E-state index is 14.1. The fourth-order valence-corrected chi connectivity index (χ4v) is 3.08. The summed E-state index contributed by atoms with van der Waals surface area (Å²) in [4.78, 5) is 1.54. The van der Waals surface area contributed by atoms with Crippen LogP contribution < -0.4 is 5.32 Å². The number of hydrogen-bond donors (Lipinski definition) is 2. The average molecular weight is 404 g/mol. The molecule has 0 aliphatic rings. The monoisotopic (exact) mass is 403 g/mol. The minimum Gasteiger partial charge on any atom is -0.350 e. The normalized spacial score (nSPS) is 11.2. The number of benzene rings is 2. The van der Waals surface area contributed by atoms with Crippen molar-refractivity contribution in [2.45, 2.75) is 57.8 Å². The highest BCUT2D eigenvalue weighted by molar-refractivity contribution is 7.80. The predicted molar refractivity (Wildman–Crippen MR) is 124 cm³/mol. The number of halogens is 1. The number of hydrogen-bond acceptors (Lipinski definition) is 2. The van der Waals surface area contributed by atoms with E-state index in [4.69, 9.17) is 12.2 Å². The van der Waals surface area contributed by atoms with Gasteiger partial charge in [0.05, 0.1) is 4.99 Å². The molecule has 2 rings (SSSR count). The summed E-state index contributed by atoms with van der Waals surface area (Å²) in [7, 11) is 0. The van der Waals surface area contributed by atoms with E-state index >= 15 is 0 Å². The molecule has 0 heterocycles. The Morgan fingerprint density at radius 1 is 1.11 bits per heavy atom. The number of nitrogens with one attached hydrogen (secondary N) is 1. The lowest BCUT2D eigenvalue weighted by Crippen LogP contribution is -2.10. The molecule has 1 unspecified atom stereocenters. The molecule has 0 bridgehead atoms. The van der Waals surface area contributed by atoms with Crippen molar-refractivity contribution in [1.82, 2.24) is 0 Å². The van der Waals surface area contributed by atoms with Crippen LogP contribution in [0.15, 0.2) is 59.5 Å². The molecule has 0 aliphatic carbocycles. The first-order valence-corrected chi connectivity index (χ1v) is 10.2. The van der Waals surface area contributed by atoms with E-state index in [9.17, 15) is 4.39 Å². The zero-order valence-electron chi connectivity index (χ0n) is 16.7. The lowest BCUT2D eigenvalue weighted by atomic mass is 9.87. The van der Waals surface area contributed by atoms with Gasteiger partial charge in [-0.1, -0.05) is 63.3 Å². The Bertz CT molecular complexity index is 765. The van der Waals surface area contributed by atoms with Crippen molar-refractivity contribution in [3.63, 3.8) is 0 Å². The minimum absolute atomic E-state index is 0.0323. The Balaban J connectivity index is 0.000000527. The van der Waals surface area contributed by atoms with Crippen LogP contribution in [0.25, 0.3) is 0 Å². The molecule has 0 aromatic heterocycles. The molecule has 0 saturated carbocycles. The Hall–Kier alpha value is -1.65. The van der Waals surface area contributed by atoms with Crippen LogP contribution in [0.2, 0.25) is 0 Å². The van der Waals surface area contributed by atoms with E-state index < -0.39 is 0 Å².